The molecule has 0 saturated carbocycles. The van der Waals surface area contributed by atoms with Gasteiger partial charge in [-0.1, -0.05) is 253 Å². The first-order chi connectivity index (χ1) is 28.8. The number of unbranched alkanes of at least 4 members (excludes halogenated alkanes) is 31. The molecule has 350 valence electrons. The molecule has 0 aromatic heterocycles. The van der Waals surface area contributed by atoms with Gasteiger partial charge >= 0.3 is 17.9 Å². The van der Waals surface area contributed by atoms with Crippen LogP contribution < -0.4 is 0 Å². The van der Waals surface area contributed by atoms with Crippen LogP contribution in [0, 0.1) is 11.8 Å². The van der Waals surface area contributed by atoms with Crippen molar-refractivity contribution < 1.29 is 28.6 Å². The second-order valence-corrected chi connectivity index (χ2v) is 18.9. The molecule has 6 nitrogen and oxygen atoms in total. The summed E-state index contributed by atoms with van der Waals surface area (Å²) in [6.07, 6.45) is 46.7. The molecule has 0 rings (SSSR count). The molecule has 0 saturated heterocycles. The van der Waals surface area contributed by atoms with Gasteiger partial charge in [0.25, 0.3) is 0 Å². The Hall–Kier alpha value is -1.59. The third kappa shape index (κ3) is 45.8. The predicted molar refractivity (Wildman–Crippen MR) is 252 cm³/mol. The largest absolute Gasteiger partial charge is 0.462 e. The maximum Gasteiger partial charge on any atom is 0.306 e. The van der Waals surface area contributed by atoms with Gasteiger partial charge in [0.15, 0.2) is 6.10 Å². The van der Waals surface area contributed by atoms with E-state index >= 15 is 0 Å². The molecule has 1 unspecified atom stereocenters. The lowest BCUT2D eigenvalue weighted by molar-refractivity contribution is -0.167. The second-order valence-electron chi connectivity index (χ2n) is 18.9. The van der Waals surface area contributed by atoms with Crippen molar-refractivity contribution in [2.75, 3.05) is 13.2 Å². The number of hydrogen-bond donors (Lipinski definition) is 0. The fourth-order valence-electron chi connectivity index (χ4n) is 7.96. The quantitative estimate of drug-likeness (QED) is 0.0345. The smallest absolute Gasteiger partial charge is 0.306 e. The molecule has 0 spiro atoms. The topological polar surface area (TPSA) is 78.9 Å². The number of hydrogen-bond acceptors (Lipinski definition) is 6. The Labute approximate surface area is 368 Å². The molecule has 0 bridgehead atoms. The van der Waals surface area contributed by atoms with E-state index in [0.717, 1.165) is 69.6 Å². The molecule has 0 amide bonds. The second kappa shape index (κ2) is 45.9. The van der Waals surface area contributed by atoms with Crippen LogP contribution in [0.15, 0.2) is 0 Å². The highest BCUT2D eigenvalue weighted by atomic mass is 16.6. The Balaban J connectivity index is 4.23. The highest BCUT2D eigenvalue weighted by molar-refractivity contribution is 5.71. The van der Waals surface area contributed by atoms with E-state index in [9.17, 15) is 14.4 Å². The van der Waals surface area contributed by atoms with E-state index in [-0.39, 0.29) is 31.1 Å². The Morgan fingerprint density at radius 2 is 0.644 bits per heavy atom. The van der Waals surface area contributed by atoms with Crippen LogP contribution in [-0.4, -0.2) is 37.2 Å². The minimum Gasteiger partial charge on any atom is -0.462 e. The van der Waals surface area contributed by atoms with Crippen molar-refractivity contribution in [3.63, 3.8) is 0 Å². The lowest BCUT2D eigenvalue weighted by Crippen LogP contribution is -2.30. The molecule has 6 heteroatoms. The number of carbonyl (C=O) groups is 3. The zero-order valence-corrected chi connectivity index (χ0v) is 40.4. The molecule has 0 aromatic rings. The normalized spacial score (nSPS) is 12.5. The third-order valence-electron chi connectivity index (χ3n) is 12.3. The van der Waals surface area contributed by atoms with Crippen molar-refractivity contribution in [1.82, 2.24) is 0 Å². The fraction of sp³-hybridized carbons (Fsp3) is 0.943. The average Bonchev–Trinajstić information content (AvgIpc) is 3.22. The Morgan fingerprint density at radius 1 is 0.356 bits per heavy atom. The Bertz CT molecular complexity index is 902. The summed E-state index contributed by atoms with van der Waals surface area (Å²) < 4.78 is 16.8. The minimum absolute atomic E-state index is 0.0649. The zero-order valence-electron chi connectivity index (χ0n) is 40.4. The molecule has 0 fully saturated rings. The molecule has 0 aliphatic heterocycles. The van der Waals surface area contributed by atoms with E-state index in [1.165, 1.54) is 180 Å². The molecule has 0 aliphatic carbocycles. The van der Waals surface area contributed by atoms with E-state index in [4.69, 9.17) is 14.2 Å². The van der Waals surface area contributed by atoms with Gasteiger partial charge in [0.1, 0.15) is 13.2 Å². The van der Waals surface area contributed by atoms with Crippen LogP contribution in [0.2, 0.25) is 0 Å². The van der Waals surface area contributed by atoms with Crippen molar-refractivity contribution in [2.24, 2.45) is 11.8 Å². The predicted octanol–water partition coefficient (Wildman–Crippen LogP) is 16.9. The molecular weight excluding hydrogens is 733 g/mol. The molecule has 0 N–H and O–H groups in total. The van der Waals surface area contributed by atoms with Gasteiger partial charge in [-0.05, 0) is 31.1 Å². The standard InChI is InChI=1S/C53H102O6/c1-6-8-9-10-11-12-13-14-15-16-17-18-19-20-24-27-33-38-43-51(54)57-46-50(59-53(56)45-40-35-30-29-31-36-41-48(3)4)47-58-52(55)44-39-34-28-25-22-21-23-26-32-37-42-49(5)7-2/h48-50H,6-47H2,1-5H3/t49?,50-/m0/s1. The van der Waals surface area contributed by atoms with Crippen molar-refractivity contribution in [3.05, 3.63) is 0 Å². The van der Waals surface area contributed by atoms with Crippen molar-refractivity contribution >= 4 is 17.9 Å². The molecule has 59 heavy (non-hydrogen) atoms. The van der Waals surface area contributed by atoms with Gasteiger partial charge < -0.3 is 14.2 Å². The van der Waals surface area contributed by atoms with Crippen LogP contribution >= 0.6 is 0 Å². The maximum absolute atomic E-state index is 12.7. The molecular formula is C53H102O6. The van der Waals surface area contributed by atoms with Crippen molar-refractivity contribution in [2.45, 2.75) is 298 Å². The van der Waals surface area contributed by atoms with Gasteiger partial charge in [-0.25, -0.2) is 0 Å². The van der Waals surface area contributed by atoms with Crippen molar-refractivity contribution in [3.8, 4) is 0 Å². The molecule has 0 aliphatic rings. The van der Waals surface area contributed by atoms with Crippen LogP contribution in [-0.2, 0) is 28.6 Å². The third-order valence-corrected chi connectivity index (χ3v) is 12.3. The first kappa shape index (κ1) is 57.4. The van der Waals surface area contributed by atoms with Gasteiger partial charge in [-0.15, -0.1) is 0 Å². The van der Waals surface area contributed by atoms with Gasteiger partial charge in [-0.2, -0.15) is 0 Å². The number of ether oxygens (including phenoxy) is 3. The van der Waals surface area contributed by atoms with Gasteiger partial charge in [0.05, 0.1) is 0 Å². The monoisotopic (exact) mass is 835 g/mol. The van der Waals surface area contributed by atoms with E-state index in [1.807, 2.05) is 0 Å². The van der Waals surface area contributed by atoms with E-state index in [1.54, 1.807) is 0 Å². The molecule has 0 aromatic carbocycles. The van der Waals surface area contributed by atoms with E-state index in [2.05, 4.69) is 34.6 Å². The van der Waals surface area contributed by atoms with E-state index in [0.29, 0.717) is 19.3 Å². The number of carbonyl (C=O) groups excluding carboxylic acids is 3. The summed E-state index contributed by atoms with van der Waals surface area (Å²) in [6, 6.07) is 0. The summed E-state index contributed by atoms with van der Waals surface area (Å²) in [5.41, 5.74) is 0. The summed E-state index contributed by atoms with van der Waals surface area (Å²) in [5, 5.41) is 0. The summed E-state index contributed by atoms with van der Waals surface area (Å²) in [5.74, 6) is 0.775. The lowest BCUT2D eigenvalue weighted by atomic mass is 9.99. The summed E-state index contributed by atoms with van der Waals surface area (Å²) in [6.45, 7) is 11.3. The summed E-state index contributed by atoms with van der Waals surface area (Å²) in [4.78, 5) is 37.9. The highest BCUT2D eigenvalue weighted by Gasteiger charge is 2.19. The van der Waals surface area contributed by atoms with Gasteiger partial charge in [0, 0.05) is 19.3 Å². The number of rotatable bonds is 47. The lowest BCUT2D eigenvalue weighted by Gasteiger charge is -2.18. The Kier molecular flexibility index (Phi) is 44.7. The molecule has 0 heterocycles. The minimum atomic E-state index is -0.762. The molecule has 0 radical (unpaired) electrons. The first-order valence-electron chi connectivity index (χ1n) is 26.3. The summed E-state index contributed by atoms with van der Waals surface area (Å²) in [7, 11) is 0. The Morgan fingerprint density at radius 3 is 0.966 bits per heavy atom. The van der Waals surface area contributed by atoms with Crippen LogP contribution in [0.25, 0.3) is 0 Å². The van der Waals surface area contributed by atoms with Crippen LogP contribution in [0.4, 0.5) is 0 Å². The van der Waals surface area contributed by atoms with Crippen LogP contribution in [0.3, 0.4) is 0 Å². The first-order valence-corrected chi connectivity index (χ1v) is 26.3. The molecule has 2 atom stereocenters. The fourth-order valence-corrected chi connectivity index (χ4v) is 7.96. The average molecular weight is 835 g/mol. The van der Waals surface area contributed by atoms with Crippen LogP contribution in [0.5, 0.6) is 0 Å². The maximum atomic E-state index is 12.7. The zero-order chi connectivity index (χ0) is 43.3. The van der Waals surface area contributed by atoms with Crippen LogP contribution in [0.1, 0.15) is 291 Å². The van der Waals surface area contributed by atoms with E-state index < -0.39 is 6.10 Å². The highest BCUT2D eigenvalue weighted by Crippen LogP contribution is 2.18. The van der Waals surface area contributed by atoms with Gasteiger partial charge in [0.2, 0.25) is 0 Å². The summed E-state index contributed by atoms with van der Waals surface area (Å²) >= 11 is 0. The van der Waals surface area contributed by atoms with Crippen molar-refractivity contribution in [1.29, 1.82) is 0 Å². The number of esters is 3. The van der Waals surface area contributed by atoms with Gasteiger partial charge in [-0.3, -0.25) is 14.4 Å². The SMILES string of the molecule is CCCCCCCCCCCCCCCCCCCCC(=O)OC[C@@H](COC(=O)CCCCCCCCCCCCC(C)CC)OC(=O)CCCCCCCCC(C)C.